The summed E-state index contributed by atoms with van der Waals surface area (Å²) in [4.78, 5) is 38.4. The molecule has 2 amide bonds. The Labute approximate surface area is 170 Å². The number of aliphatic imine (C=N–C) groups is 1. The number of nitrogens with zero attached hydrogens (tertiary/aromatic N) is 5. The number of halogens is 1. The molecule has 2 aliphatic rings. The van der Waals surface area contributed by atoms with Crippen LogP contribution >= 0.6 is 0 Å². The molecular formula is C19H16FN7O3. The number of fused-ring (bicyclic) bond motifs is 1. The number of nitrogens with two attached hydrogens (primary N) is 1. The van der Waals surface area contributed by atoms with Crippen LogP contribution in [0.15, 0.2) is 35.6 Å². The molecule has 11 heteroatoms. The van der Waals surface area contributed by atoms with Crippen LogP contribution in [0, 0.1) is 23.1 Å². The average molecular weight is 409 g/mol. The Bertz CT molecular complexity index is 1110. The van der Waals surface area contributed by atoms with E-state index in [9.17, 15) is 14.0 Å². The highest BCUT2D eigenvalue weighted by Gasteiger charge is 2.54. The Morgan fingerprint density at radius 1 is 1.43 bits per heavy atom. The number of amides is 2. The lowest BCUT2D eigenvalue weighted by atomic mass is 9.78. The van der Waals surface area contributed by atoms with Crippen LogP contribution in [0.1, 0.15) is 21.7 Å². The summed E-state index contributed by atoms with van der Waals surface area (Å²) in [5.74, 6) is -2.29. The zero-order valence-corrected chi connectivity index (χ0v) is 15.8. The van der Waals surface area contributed by atoms with Gasteiger partial charge in [-0.2, -0.15) is 5.26 Å². The number of guanidine groups is 1. The van der Waals surface area contributed by atoms with Gasteiger partial charge in [-0.15, -0.1) is 0 Å². The molecule has 2 atom stereocenters. The Morgan fingerprint density at radius 3 is 2.93 bits per heavy atom. The van der Waals surface area contributed by atoms with E-state index in [1.165, 1.54) is 42.5 Å². The van der Waals surface area contributed by atoms with E-state index in [-0.39, 0.29) is 47.7 Å². The Balaban J connectivity index is 1.69. The molecule has 0 aliphatic carbocycles. The van der Waals surface area contributed by atoms with Gasteiger partial charge in [0.25, 0.3) is 5.91 Å². The number of benzene rings is 1. The number of anilines is 1. The van der Waals surface area contributed by atoms with Crippen LogP contribution in [0.4, 0.5) is 10.1 Å². The second-order valence-corrected chi connectivity index (χ2v) is 6.91. The number of hydrogen-bond acceptors (Lipinski definition) is 8. The molecule has 152 valence electrons. The van der Waals surface area contributed by atoms with Gasteiger partial charge in [0.05, 0.1) is 31.5 Å². The number of carbonyl (C=O) groups is 2. The molecule has 0 radical (unpaired) electrons. The second-order valence-electron chi connectivity index (χ2n) is 6.91. The summed E-state index contributed by atoms with van der Waals surface area (Å²) in [6.07, 6.45) is 2.34. The molecule has 30 heavy (non-hydrogen) atoms. The topological polar surface area (TPSA) is 147 Å². The minimum Gasteiger partial charge on any atom is -0.378 e. The summed E-state index contributed by atoms with van der Waals surface area (Å²) in [5, 5.41) is 11.4. The van der Waals surface area contributed by atoms with Gasteiger partial charge in [0.15, 0.2) is 11.7 Å². The SMILES string of the molecule is CN1C(=O)C2COCC2(c2cc(NC(=O)c3cnc(C#N)cn3)ccc2F)N=C1N. The largest absolute Gasteiger partial charge is 0.378 e. The molecule has 1 aromatic heterocycles. The summed E-state index contributed by atoms with van der Waals surface area (Å²) < 4.78 is 20.3. The predicted octanol–water partition coefficient (Wildman–Crippen LogP) is 0.368. The van der Waals surface area contributed by atoms with E-state index in [1.54, 1.807) is 0 Å². The highest BCUT2D eigenvalue weighted by molar-refractivity contribution is 6.03. The second kappa shape index (κ2) is 7.16. The molecule has 0 saturated carbocycles. The predicted molar refractivity (Wildman–Crippen MR) is 101 cm³/mol. The van der Waals surface area contributed by atoms with Crippen LogP contribution in [-0.4, -0.2) is 52.9 Å². The summed E-state index contributed by atoms with van der Waals surface area (Å²) in [7, 11) is 1.50. The van der Waals surface area contributed by atoms with Gasteiger partial charge in [0.2, 0.25) is 5.91 Å². The number of carbonyl (C=O) groups excluding carboxylic acids is 2. The average Bonchev–Trinajstić information content (AvgIpc) is 3.18. The number of hydrogen-bond donors (Lipinski definition) is 2. The lowest BCUT2D eigenvalue weighted by Gasteiger charge is -2.37. The molecule has 0 spiro atoms. The van der Waals surface area contributed by atoms with E-state index in [4.69, 9.17) is 15.7 Å². The van der Waals surface area contributed by atoms with Crippen LogP contribution < -0.4 is 11.1 Å². The minimum absolute atomic E-state index is 0.0168. The van der Waals surface area contributed by atoms with Crippen LogP contribution in [0.25, 0.3) is 0 Å². The molecule has 3 heterocycles. The third-order valence-electron chi connectivity index (χ3n) is 5.16. The zero-order chi connectivity index (χ0) is 21.5. The normalized spacial score (nSPS) is 22.8. The van der Waals surface area contributed by atoms with Crippen LogP contribution in [0.5, 0.6) is 0 Å². The van der Waals surface area contributed by atoms with Crippen molar-refractivity contribution < 1.29 is 18.7 Å². The summed E-state index contributed by atoms with van der Waals surface area (Å²) in [6, 6.07) is 5.76. The van der Waals surface area contributed by atoms with Crippen LogP contribution in [-0.2, 0) is 15.1 Å². The monoisotopic (exact) mass is 409 g/mol. The first kappa shape index (κ1) is 19.4. The summed E-state index contributed by atoms with van der Waals surface area (Å²) in [5.41, 5.74) is 4.99. The van der Waals surface area contributed by atoms with E-state index >= 15 is 0 Å². The van der Waals surface area contributed by atoms with E-state index < -0.39 is 23.2 Å². The van der Waals surface area contributed by atoms with Crippen molar-refractivity contribution in [2.24, 2.45) is 16.6 Å². The number of nitrogens with one attached hydrogen (secondary N) is 1. The maximum atomic E-state index is 14.8. The molecule has 1 aromatic carbocycles. The maximum absolute atomic E-state index is 14.8. The van der Waals surface area contributed by atoms with Gasteiger partial charge in [-0.1, -0.05) is 0 Å². The van der Waals surface area contributed by atoms with E-state index in [0.717, 1.165) is 0 Å². The Hall–Kier alpha value is -3.91. The van der Waals surface area contributed by atoms with Crippen molar-refractivity contribution in [3.8, 4) is 6.07 Å². The van der Waals surface area contributed by atoms with Crippen molar-refractivity contribution in [2.75, 3.05) is 25.6 Å². The first-order valence-electron chi connectivity index (χ1n) is 8.90. The fourth-order valence-corrected chi connectivity index (χ4v) is 3.54. The molecule has 3 N–H and O–H groups in total. The molecule has 4 rings (SSSR count). The van der Waals surface area contributed by atoms with E-state index in [0.29, 0.717) is 0 Å². The molecule has 0 bridgehead atoms. The molecule has 2 unspecified atom stereocenters. The standard InChI is InChI=1S/C19H16FN7O3/c1-27-17(29)13-8-30-9-19(13,26-18(27)22)12-4-10(2-3-14(12)20)25-16(28)15-7-23-11(5-21)6-24-15/h2-4,6-7,13H,8-9H2,1H3,(H2,22,26)(H,25,28). The third kappa shape index (κ3) is 3.03. The number of aromatic nitrogens is 2. The third-order valence-corrected chi connectivity index (χ3v) is 5.16. The fraction of sp³-hybridized carbons (Fsp3) is 0.263. The van der Waals surface area contributed by atoms with Gasteiger partial charge < -0.3 is 15.8 Å². The van der Waals surface area contributed by atoms with Crippen molar-refractivity contribution in [1.82, 2.24) is 14.9 Å². The maximum Gasteiger partial charge on any atom is 0.275 e. The van der Waals surface area contributed by atoms with Crippen LogP contribution in [0.2, 0.25) is 0 Å². The number of nitriles is 1. The molecule has 10 nitrogen and oxygen atoms in total. The first-order chi connectivity index (χ1) is 14.4. The Morgan fingerprint density at radius 2 is 2.23 bits per heavy atom. The van der Waals surface area contributed by atoms with Crippen molar-refractivity contribution >= 4 is 23.5 Å². The highest BCUT2D eigenvalue weighted by Crippen LogP contribution is 2.44. The highest BCUT2D eigenvalue weighted by atomic mass is 19.1. The number of rotatable bonds is 3. The molecule has 2 aromatic rings. The van der Waals surface area contributed by atoms with Gasteiger partial charge in [-0.3, -0.25) is 14.5 Å². The van der Waals surface area contributed by atoms with Crippen molar-refractivity contribution in [1.29, 1.82) is 5.26 Å². The van der Waals surface area contributed by atoms with Gasteiger partial charge in [-0.05, 0) is 18.2 Å². The smallest absolute Gasteiger partial charge is 0.275 e. The van der Waals surface area contributed by atoms with Gasteiger partial charge >= 0.3 is 0 Å². The lowest BCUT2D eigenvalue weighted by Crippen LogP contribution is -2.54. The van der Waals surface area contributed by atoms with Crippen LogP contribution in [0.3, 0.4) is 0 Å². The molecule has 1 saturated heterocycles. The molecule has 2 aliphatic heterocycles. The van der Waals surface area contributed by atoms with Gasteiger partial charge in [0.1, 0.15) is 23.1 Å². The van der Waals surface area contributed by atoms with Crippen molar-refractivity contribution in [3.05, 3.63) is 53.4 Å². The number of ether oxygens (including phenoxy) is 1. The van der Waals surface area contributed by atoms with Gasteiger partial charge in [-0.25, -0.2) is 19.4 Å². The van der Waals surface area contributed by atoms with E-state index in [1.807, 2.05) is 6.07 Å². The van der Waals surface area contributed by atoms with E-state index in [2.05, 4.69) is 20.3 Å². The van der Waals surface area contributed by atoms with Crippen molar-refractivity contribution in [3.63, 3.8) is 0 Å². The summed E-state index contributed by atoms with van der Waals surface area (Å²) in [6.45, 7) is 0.0597. The Kier molecular flexibility index (Phi) is 4.63. The molecular weight excluding hydrogens is 393 g/mol. The molecule has 1 fully saturated rings. The van der Waals surface area contributed by atoms with Gasteiger partial charge in [0, 0.05) is 18.3 Å². The minimum atomic E-state index is -1.31. The summed E-state index contributed by atoms with van der Waals surface area (Å²) >= 11 is 0. The fourth-order valence-electron chi connectivity index (χ4n) is 3.54. The van der Waals surface area contributed by atoms with Crippen molar-refractivity contribution in [2.45, 2.75) is 5.54 Å². The first-order valence-corrected chi connectivity index (χ1v) is 8.90. The quantitative estimate of drug-likeness (QED) is 0.744. The zero-order valence-electron chi connectivity index (χ0n) is 15.8. The lowest BCUT2D eigenvalue weighted by molar-refractivity contribution is -0.133.